The minimum atomic E-state index is -0.595. The summed E-state index contributed by atoms with van der Waals surface area (Å²) in [7, 11) is 0. The number of benzene rings is 1. The summed E-state index contributed by atoms with van der Waals surface area (Å²) in [4.78, 5) is 23.9. The third kappa shape index (κ3) is 3.41. The highest BCUT2D eigenvalue weighted by Gasteiger charge is 2.23. The van der Waals surface area contributed by atoms with Gasteiger partial charge in [0.25, 0.3) is 5.91 Å². The molecular weight excluding hydrogens is 296 g/mol. The molecule has 2 rings (SSSR count). The third-order valence-electron chi connectivity index (χ3n) is 2.68. The number of ether oxygens (including phenoxy) is 1. The number of aromatic nitrogens is 1. The first-order valence-electron chi connectivity index (χ1n) is 6.23. The van der Waals surface area contributed by atoms with Gasteiger partial charge in [-0.3, -0.25) is 10.1 Å². The van der Waals surface area contributed by atoms with E-state index in [2.05, 4.69) is 10.5 Å². The van der Waals surface area contributed by atoms with E-state index in [0.29, 0.717) is 16.3 Å². The van der Waals surface area contributed by atoms with Gasteiger partial charge in [0.05, 0.1) is 12.3 Å². The number of carbonyl (C=O) groups is 2. The summed E-state index contributed by atoms with van der Waals surface area (Å²) >= 11 is 5.76. The maximum absolute atomic E-state index is 12.1. The van der Waals surface area contributed by atoms with Crippen LogP contribution in [0, 0.1) is 6.92 Å². The van der Waals surface area contributed by atoms with Crippen LogP contribution in [0.5, 0.6) is 0 Å². The van der Waals surface area contributed by atoms with Crippen LogP contribution >= 0.6 is 11.6 Å². The van der Waals surface area contributed by atoms with Crippen LogP contribution in [0.2, 0.25) is 5.02 Å². The number of hydrogen-bond donors (Lipinski definition) is 1. The van der Waals surface area contributed by atoms with Gasteiger partial charge in [0, 0.05) is 10.6 Å². The molecule has 0 aliphatic carbocycles. The second-order valence-corrected chi connectivity index (χ2v) is 4.59. The Morgan fingerprint density at radius 2 is 2.00 bits per heavy atom. The van der Waals surface area contributed by atoms with E-state index in [4.69, 9.17) is 20.9 Å². The van der Waals surface area contributed by atoms with E-state index < -0.39 is 11.9 Å². The molecule has 0 unspecified atom stereocenters. The maximum atomic E-state index is 12.1. The molecule has 0 aliphatic heterocycles. The molecule has 0 saturated carbocycles. The zero-order valence-electron chi connectivity index (χ0n) is 11.5. The fourth-order valence-electron chi connectivity index (χ4n) is 1.68. The number of hydrogen-bond acceptors (Lipinski definition) is 5. The van der Waals surface area contributed by atoms with Crippen LogP contribution in [0.3, 0.4) is 0 Å². The summed E-state index contributed by atoms with van der Waals surface area (Å²) in [6.07, 6.45) is 0. The van der Waals surface area contributed by atoms with Crippen LogP contribution in [0.15, 0.2) is 28.8 Å². The molecule has 1 N–H and O–H groups in total. The first-order valence-corrected chi connectivity index (χ1v) is 6.61. The fraction of sp³-hybridized carbons (Fsp3) is 0.214. The van der Waals surface area contributed by atoms with Gasteiger partial charge < -0.3 is 9.26 Å². The van der Waals surface area contributed by atoms with Crippen molar-refractivity contribution >= 4 is 29.4 Å². The Morgan fingerprint density at radius 3 is 2.62 bits per heavy atom. The number of rotatable bonds is 4. The second kappa shape index (κ2) is 6.41. The molecule has 7 heteroatoms. The Labute approximate surface area is 126 Å². The minimum Gasteiger partial charge on any atom is -0.462 e. The highest BCUT2D eigenvalue weighted by atomic mass is 35.5. The third-order valence-corrected chi connectivity index (χ3v) is 2.93. The van der Waals surface area contributed by atoms with Crippen LogP contribution in [-0.4, -0.2) is 23.6 Å². The molecular formula is C14H13ClN2O4. The van der Waals surface area contributed by atoms with Crippen molar-refractivity contribution in [3.05, 3.63) is 46.1 Å². The number of carbonyl (C=O) groups excluding carboxylic acids is 2. The maximum Gasteiger partial charge on any atom is 0.345 e. The van der Waals surface area contributed by atoms with Gasteiger partial charge in [0.2, 0.25) is 5.88 Å². The standard InChI is InChI=1S/C14H13ClN2O4/c1-3-20-14(19)11-8(2)17-21-13(11)16-12(18)9-4-6-10(15)7-5-9/h4-7H,3H2,1-2H3,(H,16,18). The normalized spacial score (nSPS) is 10.2. The van der Waals surface area contributed by atoms with Crippen LogP contribution < -0.4 is 5.32 Å². The van der Waals surface area contributed by atoms with Gasteiger partial charge in [-0.05, 0) is 38.1 Å². The molecule has 0 fully saturated rings. The molecule has 0 spiro atoms. The Hall–Kier alpha value is -2.34. The average Bonchev–Trinajstić information content (AvgIpc) is 2.80. The zero-order chi connectivity index (χ0) is 15.4. The van der Waals surface area contributed by atoms with Crippen molar-refractivity contribution < 1.29 is 18.8 Å². The van der Waals surface area contributed by atoms with Gasteiger partial charge in [-0.1, -0.05) is 16.8 Å². The minimum absolute atomic E-state index is 0.0362. The highest BCUT2D eigenvalue weighted by Crippen LogP contribution is 2.21. The van der Waals surface area contributed by atoms with E-state index in [1.807, 2.05) is 0 Å². The average molecular weight is 309 g/mol. The van der Waals surface area contributed by atoms with Crippen LogP contribution in [0.25, 0.3) is 0 Å². The van der Waals surface area contributed by atoms with Crippen molar-refractivity contribution in [2.75, 3.05) is 11.9 Å². The molecule has 0 aliphatic rings. The molecule has 6 nitrogen and oxygen atoms in total. The summed E-state index contributed by atoms with van der Waals surface area (Å²) in [5.74, 6) is -1.07. The van der Waals surface area contributed by atoms with Gasteiger partial charge >= 0.3 is 5.97 Å². The summed E-state index contributed by atoms with van der Waals surface area (Å²) < 4.78 is 9.87. The molecule has 2 aromatic rings. The van der Waals surface area contributed by atoms with Crippen molar-refractivity contribution in [2.24, 2.45) is 0 Å². The number of nitrogens with one attached hydrogen (secondary N) is 1. The lowest BCUT2D eigenvalue weighted by molar-refractivity contribution is 0.0526. The van der Waals surface area contributed by atoms with Crippen LogP contribution in [0.1, 0.15) is 33.3 Å². The zero-order valence-corrected chi connectivity index (χ0v) is 12.2. The lowest BCUT2D eigenvalue weighted by atomic mass is 10.2. The number of nitrogens with zero attached hydrogens (tertiary/aromatic N) is 1. The molecule has 1 aromatic heterocycles. The van der Waals surface area contributed by atoms with E-state index in [1.165, 1.54) is 0 Å². The SMILES string of the molecule is CCOC(=O)c1c(C)noc1NC(=O)c1ccc(Cl)cc1. The van der Waals surface area contributed by atoms with Crippen molar-refractivity contribution in [1.82, 2.24) is 5.16 Å². The van der Waals surface area contributed by atoms with E-state index in [-0.39, 0.29) is 18.1 Å². The number of halogens is 1. The van der Waals surface area contributed by atoms with Gasteiger partial charge in [-0.15, -0.1) is 0 Å². The molecule has 110 valence electrons. The molecule has 21 heavy (non-hydrogen) atoms. The fourth-order valence-corrected chi connectivity index (χ4v) is 1.80. The molecule has 1 aromatic carbocycles. The second-order valence-electron chi connectivity index (χ2n) is 4.15. The van der Waals surface area contributed by atoms with Crippen LogP contribution in [-0.2, 0) is 4.74 Å². The number of esters is 1. The van der Waals surface area contributed by atoms with Crippen molar-refractivity contribution in [3.63, 3.8) is 0 Å². The van der Waals surface area contributed by atoms with Gasteiger partial charge in [-0.25, -0.2) is 4.79 Å². The largest absolute Gasteiger partial charge is 0.462 e. The van der Waals surface area contributed by atoms with Gasteiger partial charge in [0.1, 0.15) is 5.56 Å². The first kappa shape index (κ1) is 15.1. The predicted molar refractivity (Wildman–Crippen MR) is 76.6 cm³/mol. The molecule has 0 saturated heterocycles. The molecule has 1 heterocycles. The monoisotopic (exact) mass is 308 g/mol. The van der Waals surface area contributed by atoms with Gasteiger partial charge in [0.15, 0.2) is 0 Å². The van der Waals surface area contributed by atoms with E-state index in [0.717, 1.165) is 0 Å². The quantitative estimate of drug-likeness (QED) is 0.878. The topological polar surface area (TPSA) is 81.4 Å². The Bertz CT molecular complexity index is 664. The number of anilines is 1. The van der Waals surface area contributed by atoms with E-state index in [9.17, 15) is 9.59 Å². The molecule has 1 amide bonds. The van der Waals surface area contributed by atoms with E-state index >= 15 is 0 Å². The van der Waals surface area contributed by atoms with Crippen molar-refractivity contribution in [3.8, 4) is 0 Å². The Kier molecular flexibility index (Phi) is 4.59. The molecule has 0 bridgehead atoms. The predicted octanol–water partition coefficient (Wildman–Crippen LogP) is 3.07. The smallest absolute Gasteiger partial charge is 0.345 e. The number of aryl methyl sites for hydroxylation is 1. The highest BCUT2D eigenvalue weighted by molar-refractivity contribution is 6.30. The summed E-state index contributed by atoms with van der Waals surface area (Å²) in [5, 5.41) is 6.69. The van der Waals surface area contributed by atoms with Crippen LogP contribution in [0.4, 0.5) is 5.88 Å². The van der Waals surface area contributed by atoms with Gasteiger partial charge in [-0.2, -0.15) is 0 Å². The summed E-state index contributed by atoms with van der Waals surface area (Å²) in [5.41, 5.74) is 0.835. The Balaban J connectivity index is 2.22. The summed E-state index contributed by atoms with van der Waals surface area (Å²) in [6, 6.07) is 6.30. The first-order chi connectivity index (χ1) is 10.0. The van der Waals surface area contributed by atoms with Crippen molar-refractivity contribution in [2.45, 2.75) is 13.8 Å². The van der Waals surface area contributed by atoms with E-state index in [1.54, 1.807) is 38.1 Å². The lowest BCUT2D eigenvalue weighted by Gasteiger charge is -2.04. The van der Waals surface area contributed by atoms with Crippen molar-refractivity contribution in [1.29, 1.82) is 0 Å². The molecule has 0 radical (unpaired) electrons. The lowest BCUT2D eigenvalue weighted by Crippen LogP contribution is -2.15. The Morgan fingerprint density at radius 1 is 1.33 bits per heavy atom. The number of amides is 1. The summed E-state index contributed by atoms with van der Waals surface area (Å²) in [6.45, 7) is 3.49. The molecule has 0 atom stereocenters.